The number of aromatic hydroxyl groups is 1. The number of carbonyl (C=O) groups is 1. The van der Waals surface area contributed by atoms with Crippen LogP contribution in [0.25, 0.3) is 10.9 Å². The number of benzene rings is 2. The molecule has 156 valence electrons. The number of phenolic OH excluding ortho intramolecular Hbond substituents is 1. The number of aliphatic hydroxyl groups is 1. The summed E-state index contributed by atoms with van der Waals surface area (Å²) in [5.74, 6) is 0.194. The summed E-state index contributed by atoms with van der Waals surface area (Å²) in [6, 6.07) is 15.7. The van der Waals surface area contributed by atoms with E-state index in [2.05, 4.69) is 12.1 Å². The van der Waals surface area contributed by atoms with Gasteiger partial charge in [-0.2, -0.15) is 0 Å². The highest BCUT2D eigenvalue weighted by atomic mass is 16.3. The number of rotatable bonds is 4. The van der Waals surface area contributed by atoms with E-state index in [1.54, 1.807) is 12.1 Å². The summed E-state index contributed by atoms with van der Waals surface area (Å²) in [4.78, 5) is 15.9. The Kier molecular flexibility index (Phi) is 4.40. The molecule has 1 aromatic heterocycles. The van der Waals surface area contributed by atoms with Crippen molar-refractivity contribution in [1.82, 2.24) is 9.47 Å². The van der Waals surface area contributed by atoms with E-state index in [1.807, 2.05) is 47.7 Å². The van der Waals surface area contributed by atoms with Gasteiger partial charge < -0.3 is 19.7 Å². The number of fused-ring (bicyclic) bond motifs is 3. The molecule has 2 bridgehead atoms. The molecule has 5 heteroatoms. The molecule has 0 aliphatic carbocycles. The number of hydrogen-bond donors (Lipinski definition) is 2. The van der Waals surface area contributed by atoms with Gasteiger partial charge >= 0.3 is 0 Å². The van der Waals surface area contributed by atoms with Crippen molar-refractivity contribution in [3.8, 4) is 5.75 Å². The summed E-state index contributed by atoms with van der Waals surface area (Å²) in [5, 5.41) is 21.3. The highest BCUT2D eigenvalue weighted by Crippen LogP contribution is 2.52. The molecule has 3 heterocycles. The molecule has 0 spiro atoms. The van der Waals surface area contributed by atoms with E-state index in [0.29, 0.717) is 5.56 Å². The monoisotopic (exact) mass is 404 g/mol. The van der Waals surface area contributed by atoms with Crippen LogP contribution in [-0.4, -0.2) is 44.3 Å². The third-order valence-electron chi connectivity index (χ3n) is 7.49. The van der Waals surface area contributed by atoms with Crippen LogP contribution in [0, 0.1) is 12.3 Å². The molecule has 0 saturated carbocycles. The van der Waals surface area contributed by atoms with Crippen molar-refractivity contribution in [3.05, 3.63) is 65.4 Å². The van der Waals surface area contributed by atoms with E-state index in [4.69, 9.17) is 0 Å². The van der Waals surface area contributed by atoms with Gasteiger partial charge in [0.05, 0.1) is 12.2 Å². The summed E-state index contributed by atoms with van der Waals surface area (Å²) in [6.45, 7) is 2.05. The molecule has 5 nitrogen and oxygen atoms in total. The normalized spacial score (nSPS) is 25.4. The zero-order valence-electron chi connectivity index (χ0n) is 17.5. The highest BCUT2D eigenvalue weighted by Gasteiger charge is 2.57. The maximum Gasteiger partial charge on any atom is 0.256 e. The van der Waals surface area contributed by atoms with Crippen LogP contribution in [0.3, 0.4) is 0 Å². The molecule has 3 aromatic rings. The zero-order chi connectivity index (χ0) is 21.0. The Balaban J connectivity index is 1.54. The van der Waals surface area contributed by atoms with E-state index in [1.165, 1.54) is 5.56 Å². The van der Waals surface area contributed by atoms with E-state index in [0.717, 1.165) is 42.3 Å². The van der Waals surface area contributed by atoms with Crippen molar-refractivity contribution < 1.29 is 15.0 Å². The van der Waals surface area contributed by atoms with E-state index in [9.17, 15) is 15.0 Å². The summed E-state index contributed by atoms with van der Waals surface area (Å²) in [7, 11) is 1.96. The van der Waals surface area contributed by atoms with Crippen LogP contribution in [-0.2, 0) is 13.5 Å². The molecule has 2 aromatic carbocycles. The van der Waals surface area contributed by atoms with Crippen molar-refractivity contribution >= 4 is 16.8 Å². The van der Waals surface area contributed by atoms with Crippen LogP contribution in [0.1, 0.15) is 40.9 Å². The van der Waals surface area contributed by atoms with Gasteiger partial charge in [-0.25, -0.2) is 0 Å². The number of phenols is 1. The quantitative estimate of drug-likeness (QED) is 0.695. The molecule has 0 radical (unpaired) electrons. The van der Waals surface area contributed by atoms with Gasteiger partial charge in [0.15, 0.2) is 0 Å². The van der Waals surface area contributed by atoms with Crippen LogP contribution in [0.5, 0.6) is 5.75 Å². The highest BCUT2D eigenvalue weighted by molar-refractivity contribution is 6.09. The average molecular weight is 405 g/mol. The first-order chi connectivity index (χ1) is 14.4. The smallest absolute Gasteiger partial charge is 0.256 e. The van der Waals surface area contributed by atoms with E-state index < -0.39 is 0 Å². The average Bonchev–Trinajstić information content (AvgIpc) is 3.37. The molecule has 1 amide bonds. The van der Waals surface area contributed by atoms with Crippen molar-refractivity contribution in [2.24, 2.45) is 12.5 Å². The summed E-state index contributed by atoms with van der Waals surface area (Å²) < 4.78 is 2.02. The molecular formula is C25H28N2O3. The predicted molar refractivity (Wildman–Crippen MR) is 117 cm³/mol. The standard InChI is InChI=1S/C25H28N2O3/c1-16-23(20-12-19(29)9-10-21(20)26(16)2)24(30)27-18-8-11-22(27)25(14-18,15-28)13-17-6-4-3-5-7-17/h3-7,9-10,12,18,22,28-29H,8,11,13-15H2,1-2H3/t18-,22+,25-/m1/s1. The molecule has 2 aliphatic heterocycles. The number of nitrogens with zero attached hydrogens (tertiary/aromatic N) is 2. The van der Waals surface area contributed by atoms with Crippen LogP contribution in [0.4, 0.5) is 0 Å². The minimum Gasteiger partial charge on any atom is -0.508 e. The number of aliphatic hydroxyl groups excluding tert-OH is 1. The lowest BCUT2D eigenvalue weighted by atomic mass is 9.70. The third kappa shape index (κ3) is 2.68. The molecular weight excluding hydrogens is 376 g/mol. The van der Waals surface area contributed by atoms with Gasteiger partial charge in [-0.1, -0.05) is 30.3 Å². The SMILES string of the molecule is Cc1c(C(=O)N2[C@@H]3CC[C@H]2[C@](CO)(Cc2ccccc2)C3)c2cc(O)ccc2n1C. The number of hydrogen-bond acceptors (Lipinski definition) is 3. The van der Waals surface area contributed by atoms with Crippen molar-refractivity contribution in [2.75, 3.05) is 6.61 Å². The van der Waals surface area contributed by atoms with Crippen molar-refractivity contribution in [3.63, 3.8) is 0 Å². The Morgan fingerprint density at radius 1 is 1.17 bits per heavy atom. The molecule has 2 N–H and O–H groups in total. The molecule has 30 heavy (non-hydrogen) atoms. The van der Waals surface area contributed by atoms with Gasteiger partial charge in [0.1, 0.15) is 5.75 Å². The lowest BCUT2D eigenvalue weighted by Gasteiger charge is -2.36. The summed E-state index contributed by atoms with van der Waals surface area (Å²) >= 11 is 0. The predicted octanol–water partition coefficient (Wildman–Crippen LogP) is 3.79. The fraction of sp³-hybridized carbons (Fsp3) is 0.400. The first-order valence-electron chi connectivity index (χ1n) is 10.7. The zero-order valence-corrected chi connectivity index (χ0v) is 17.5. The number of amides is 1. The van der Waals surface area contributed by atoms with Gasteiger partial charge in [-0.15, -0.1) is 0 Å². The first-order valence-corrected chi connectivity index (χ1v) is 10.7. The molecule has 2 aliphatic rings. The number of aryl methyl sites for hydroxylation is 1. The fourth-order valence-corrected chi connectivity index (χ4v) is 5.97. The van der Waals surface area contributed by atoms with Crippen LogP contribution < -0.4 is 0 Å². The summed E-state index contributed by atoms with van der Waals surface area (Å²) in [5.41, 5.74) is 3.44. The minimum absolute atomic E-state index is 0.0274. The minimum atomic E-state index is -0.291. The van der Waals surface area contributed by atoms with Gasteiger partial charge in [0, 0.05) is 41.1 Å². The van der Waals surface area contributed by atoms with Gasteiger partial charge in [0.2, 0.25) is 0 Å². The second-order valence-electron chi connectivity index (χ2n) is 9.07. The number of aromatic nitrogens is 1. The second-order valence-corrected chi connectivity index (χ2v) is 9.07. The molecule has 5 rings (SSSR count). The number of carbonyl (C=O) groups excluding carboxylic acids is 1. The molecule has 2 fully saturated rings. The Morgan fingerprint density at radius 2 is 1.93 bits per heavy atom. The van der Waals surface area contributed by atoms with E-state index >= 15 is 0 Å². The van der Waals surface area contributed by atoms with Crippen molar-refractivity contribution in [1.29, 1.82) is 0 Å². The van der Waals surface area contributed by atoms with Gasteiger partial charge in [0.25, 0.3) is 5.91 Å². The maximum absolute atomic E-state index is 13.9. The largest absolute Gasteiger partial charge is 0.508 e. The first kappa shape index (κ1) is 19.2. The van der Waals surface area contributed by atoms with Crippen LogP contribution >= 0.6 is 0 Å². The van der Waals surface area contributed by atoms with Gasteiger partial charge in [-0.05, 0) is 56.4 Å². The Morgan fingerprint density at radius 3 is 2.67 bits per heavy atom. The second kappa shape index (κ2) is 6.88. The lowest BCUT2D eigenvalue weighted by Crippen LogP contribution is -2.44. The molecule has 3 atom stereocenters. The van der Waals surface area contributed by atoms with Crippen LogP contribution in [0.2, 0.25) is 0 Å². The molecule has 2 saturated heterocycles. The fourth-order valence-electron chi connectivity index (χ4n) is 5.97. The summed E-state index contributed by atoms with van der Waals surface area (Å²) in [6.07, 6.45) is 3.54. The Labute approximate surface area is 176 Å². The molecule has 0 unspecified atom stereocenters. The third-order valence-corrected chi connectivity index (χ3v) is 7.49. The Bertz CT molecular complexity index is 1120. The van der Waals surface area contributed by atoms with Crippen LogP contribution in [0.15, 0.2) is 48.5 Å². The topological polar surface area (TPSA) is 65.7 Å². The Hall–Kier alpha value is -2.79. The van der Waals surface area contributed by atoms with E-state index in [-0.39, 0.29) is 35.8 Å². The maximum atomic E-state index is 13.9. The van der Waals surface area contributed by atoms with Gasteiger partial charge in [-0.3, -0.25) is 4.79 Å². The van der Waals surface area contributed by atoms with Crippen molar-refractivity contribution in [2.45, 2.75) is 44.7 Å². The lowest BCUT2D eigenvalue weighted by molar-refractivity contribution is 0.0572.